The summed E-state index contributed by atoms with van der Waals surface area (Å²) in [6.07, 6.45) is 1.26. The summed E-state index contributed by atoms with van der Waals surface area (Å²) >= 11 is 5.75. The van der Waals surface area contributed by atoms with Crippen LogP contribution < -0.4 is 5.32 Å². The fourth-order valence-corrected chi connectivity index (χ4v) is 2.36. The average molecular weight is 335 g/mol. The van der Waals surface area contributed by atoms with Gasteiger partial charge in [0.15, 0.2) is 11.3 Å². The van der Waals surface area contributed by atoms with Gasteiger partial charge in [-0.1, -0.05) is 17.7 Å². The van der Waals surface area contributed by atoms with Gasteiger partial charge >= 0.3 is 5.97 Å². The highest BCUT2D eigenvalue weighted by Gasteiger charge is 2.13. The van der Waals surface area contributed by atoms with Gasteiger partial charge in [0.25, 0.3) is 0 Å². The number of aryl methyl sites for hydroxylation is 1. The first-order chi connectivity index (χ1) is 11.0. The summed E-state index contributed by atoms with van der Waals surface area (Å²) in [5.41, 5.74) is 2.03. The molecule has 2 N–H and O–H groups in total. The third-order valence-corrected chi connectivity index (χ3v) is 3.64. The number of carbonyl (C=O) groups is 1. The van der Waals surface area contributed by atoms with Gasteiger partial charge < -0.3 is 10.4 Å². The number of fused-ring (bicyclic) bond motifs is 1. The summed E-state index contributed by atoms with van der Waals surface area (Å²) in [6.45, 7) is 2.21. The Kier molecular flexibility index (Phi) is 3.87. The van der Waals surface area contributed by atoms with Crippen LogP contribution in [0.3, 0.4) is 0 Å². The highest BCUT2D eigenvalue weighted by Crippen LogP contribution is 2.19. The lowest BCUT2D eigenvalue weighted by atomic mass is 10.2. The molecule has 0 bridgehead atoms. The molecule has 0 aliphatic heterocycles. The van der Waals surface area contributed by atoms with Crippen molar-refractivity contribution >= 4 is 29.0 Å². The first kappa shape index (κ1) is 15.2. The number of carboxylic acid groups (broad SMARTS) is 1. The summed E-state index contributed by atoms with van der Waals surface area (Å²) in [5, 5.41) is 16.5. The molecule has 0 radical (unpaired) electrons. The molecule has 0 fully saturated rings. The Hall–Kier alpha value is -2.67. The lowest BCUT2D eigenvalue weighted by molar-refractivity contribution is 0.0688. The average Bonchev–Trinajstić information content (AvgIpc) is 2.91. The number of hydrogen-bond acceptors (Lipinski definition) is 4. The van der Waals surface area contributed by atoms with Gasteiger partial charge in [-0.3, -0.25) is 0 Å². The van der Waals surface area contributed by atoms with Gasteiger partial charge in [-0.05, 0) is 36.2 Å². The Morgan fingerprint density at radius 1 is 1.43 bits per heavy atom. The number of carboxylic acids is 1. The molecule has 8 heteroatoms. The Bertz CT molecular complexity index is 910. The van der Waals surface area contributed by atoms with E-state index in [2.05, 4.69) is 15.4 Å². The number of anilines is 1. The summed E-state index contributed by atoms with van der Waals surface area (Å²) in [7, 11) is 0. The second-order valence-electron chi connectivity index (χ2n) is 5.00. The minimum Gasteiger partial charge on any atom is -0.476 e. The number of nitrogens with zero attached hydrogens (tertiary/aromatic N) is 3. The van der Waals surface area contributed by atoms with Crippen LogP contribution in [0.5, 0.6) is 0 Å². The zero-order chi connectivity index (χ0) is 16.6. The number of rotatable bonds is 4. The zero-order valence-corrected chi connectivity index (χ0v) is 12.8. The van der Waals surface area contributed by atoms with Crippen molar-refractivity contribution in [1.29, 1.82) is 0 Å². The number of imidazole rings is 1. The quantitative estimate of drug-likeness (QED) is 0.766. The normalized spacial score (nSPS) is 10.9. The van der Waals surface area contributed by atoms with Crippen molar-refractivity contribution in [2.45, 2.75) is 13.5 Å². The van der Waals surface area contributed by atoms with Crippen molar-refractivity contribution in [3.63, 3.8) is 0 Å². The lowest BCUT2D eigenvalue weighted by Crippen LogP contribution is -2.09. The molecule has 0 unspecified atom stereocenters. The predicted molar refractivity (Wildman–Crippen MR) is 83.4 cm³/mol. The minimum absolute atomic E-state index is 0.0205. The van der Waals surface area contributed by atoms with Crippen LogP contribution in [0.1, 0.15) is 21.6 Å². The fourth-order valence-electron chi connectivity index (χ4n) is 2.16. The molecule has 0 atom stereocenters. The van der Waals surface area contributed by atoms with E-state index in [1.54, 1.807) is 12.1 Å². The van der Waals surface area contributed by atoms with Gasteiger partial charge in [-0.15, -0.1) is 5.10 Å². The topological polar surface area (TPSA) is 79.5 Å². The maximum atomic E-state index is 13.2. The van der Waals surface area contributed by atoms with Crippen molar-refractivity contribution in [3.05, 3.63) is 58.1 Å². The zero-order valence-electron chi connectivity index (χ0n) is 12.0. The molecular formula is C15H12ClFN4O2. The highest BCUT2D eigenvalue weighted by atomic mass is 35.5. The van der Waals surface area contributed by atoms with Crippen LogP contribution in [0, 0.1) is 12.7 Å². The standard InChI is InChI=1S/C15H12ClFN4O2/c1-8-4-13-18-7-12(15(22)23)21(13)20-14(8)19-6-9-2-3-11(17)10(16)5-9/h2-5,7H,6H2,1H3,(H,19,20)(H,22,23). The summed E-state index contributed by atoms with van der Waals surface area (Å²) in [6, 6.07) is 6.17. The molecule has 0 aliphatic carbocycles. The molecule has 0 aliphatic rings. The van der Waals surface area contributed by atoms with Crippen LogP contribution in [0.15, 0.2) is 30.5 Å². The van der Waals surface area contributed by atoms with Crippen LogP contribution >= 0.6 is 11.6 Å². The molecule has 3 rings (SSSR count). The minimum atomic E-state index is -1.11. The predicted octanol–water partition coefficient (Wildman–Crippen LogP) is 3.14. The molecule has 118 valence electrons. The number of hydrogen-bond donors (Lipinski definition) is 2. The monoisotopic (exact) mass is 334 g/mol. The Morgan fingerprint density at radius 2 is 2.22 bits per heavy atom. The number of halogens is 2. The number of aromatic carboxylic acids is 1. The maximum absolute atomic E-state index is 13.2. The highest BCUT2D eigenvalue weighted by molar-refractivity contribution is 6.30. The molecule has 0 saturated heterocycles. The van der Waals surface area contributed by atoms with Crippen LogP contribution in [-0.2, 0) is 6.54 Å². The molecule has 1 aromatic carbocycles. The van der Waals surface area contributed by atoms with Crippen molar-refractivity contribution in [1.82, 2.24) is 14.6 Å². The molecule has 0 amide bonds. The maximum Gasteiger partial charge on any atom is 0.356 e. The van der Waals surface area contributed by atoms with E-state index >= 15 is 0 Å². The van der Waals surface area contributed by atoms with Crippen LogP contribution in [0.25, 0.3) is 5.65 Å². The van der Waals surface area contributed by atoms with E-state index < -0.39 is 11.8 Å². The van der Waals surface area contributed by atoms with Gasteiger partial charge in [0.2, 0.25) is 0 Å². The molecule has 23 heavy (non-hydrogen) atoms. The van der Waals surface area contributed by atoms with Crippen LogP contribution in [0.4, 0.5) is 10.2 Å². The van der Waals surface area contributed by atoms with Gasteiger partial charge in [0, 0.05) is 6.54 Å². The van der Waals surface area contributed by atoms with Crippen molar-refractivity contribution in [3.8, 4) is 0 Å². The third-order valence-electron chi connectivity index (χ3n) is 3.35. The van der Waals surface area contributed by atoms with Gasteiger partial charge in [-0.2, -0.15) is 0 Å². The Labute approximate surface area is 135 Å². The van der Waals surface area contributed by atoms with Gasteiger partial charge in [0.05, 0.1) is 11.2 Å². The SMILES string of the molecule is Cc1cc2ncc(C(=O)O)n2nc1NCc1ccc(F)c(Cl)c1. The first-order valence-electron chi connectivity index (χ1n) is 6.72. The Morgan fingerprint density at radius 3 is 2.91 bits per heavy atom. The van der Waals surface area contributed by atoms with E-state index in [4.69, 9.17) is 16.7 Å². The van der Waals surface area contributed by atoms with Crippen molar-refractivity contribution in [2.75, 3.05) is 5.32 Å². The number of nitrogens with one attached hydrogen (secondary N) is 1. The third kappa shape index (κ3) is 2.95. The molecule has 6 nitrogen and oxygen atoms in total. The first-order valence-corrected chi connectivity index (χ1v) is 7.10. The van der Waals surface area contributed by atoms with Gasteiger partial charge in [0.1, 0.15) is 11.6 Å². The molecular weight excluding hydrogens is 323 g/mol. The number of aromatic nitrogens is 3. The largest absolute Gasteiger partial charge is 0.476 e. The van der Waals surface area contributed by atoms with E-state index in [-0.39, 0.29) is 10.7 Å². The van der Waals surface area contributed by atoms with Crippen molar-refractivity contribution < 1.29 is 14.3 Å². The second kappa shape index (κ2) is 5.85. The van der Waals surface area contributed by atoms with Crippen LogP contribution in [0.2, 0.25) is 5.02 Å². The van der Waals surface area contributed by atoms with E-state index in [1.165, 1.54) is 22.8 Å². The van der Waals surface area contributed by atoms with E-state index in [0.717, 1.165) is 11.1 Å². The van der Waals surface area contributed by atoms with E-state index in [9.17, 15) is 9.18 Å². The summed E-state index contributed by atoms with van der Waals surface area (Å²) < 4.78 is 14.4. The fraction of sp³-hybridized carbons (Fsp3) is 0.133. The van der Waals surface area contributed by atoms with E-state index in [1.807, 2.05) is 6.92 Å². The summed E-state index contributed by atoms with van der Waals surface area (Å²) in [4.78, 5) is 15.2. The van der Waals surface area contributed by atoms with Crippen LogP contribution in [-0.4, -0.2) is 25.7 Å². The van der Waals surface area contributed by atoms with E-state index in [0.29, 0.717) is 18.0 Å². The number of benzene rings is 1. The van der Waals surface area contributed by atoms with Crippen molar-refractivity contribution in [2.24, 2.45) is 0 Å². The molecule has 3 aromatic rings. The molecule has 2 aromatic heterocycles. The molecule has 0 saturated carbocycles. The molecule has 2 heterocycles. The summed E-state index contributed by atoms with van der Waals surface area (Å²) in [5.74, 6) is -1.07. The second-order valence-corrected chi connectivity index (χ2v) is 5.40. The molecule has 0 spiro atoms. The Balaban J connectivity index is 1.89. The lowest BCUT2D eigenvalue weighted by Gasteiger charge is -2.10. The smallest absolute Gasteiger partial charge is 0.356 e. The van der Waals surface area contributed by atoms with Gasteiger partial charge in [-0.25, -0.2) is 18.7 Å².